The summed E-state index contributed by atoms with van der Waals surface area (Å²) in [5.74, 6) is -0.629. The molecule has 0 N–H and O–H groups in total. The third-order valence-electron chi connectivity index (χ3n) is 3.33. The van der Waals surface area contributed by atoms with Gasteiger partial charge in [0.1, 0.15) is 5.82 Å². The van der Waals surface area contributed by atoms with Crippen LogP contribution in [-0.2, 0) is 6.42 Å². The lowest BCUT2D eigenvalue weighted by molar-refractivity contribution is 0.0993. The molecule has 0 aliphatic heterocycles. The first-order valence-corrected chi connectivity index (χ1v) is 6.84. The van der Waals surface area contributed by atoms with Gasteiger partial charge in [-0.25, -0.2) is 4.39 Å². The molecule has 3 aromatic rings. The molecule has 1 aromatic heterocycles. The van der Waals surface area contributed by atoms with Crippen molar-refractivity contribution >= 4 is 28.3 Å². The van der Waals surface area contributed by atoms with E-state index in [0.29, 0.717) is 5.56 Å². The highest BCUT2D eigenvalue weighted by atomic mass is 35.5. The second kappa shape index (κ2) is 5.62. The summed E-state index contributed by atoms with van der Waals surface area (Å²) >= 11 is 5.72. The van der Waals surface area contributed by atoms with Gasteiger partial charge in [0.2, 0.25) is 0 Å². The van der Waals surface area contributed by atoms with E-state index in [0.717, 1.165) is 16.5 Å². The molecule has 0 atom stereocenters. The number of benzene rings is 2. The zero-order chi connectivity index (χ0) is 14.8. The fourth-order valence-electron chi connectivity index (χ4n) is 2.25. The van der Waals surface area contributed by atoms with Crippen LogP contribution in [0.3, 0.4) is 0 Å². The van der Waals surface area contributed by atoms with Crippen LogP contribution in [0.15, 0.2) is 54.7 Å². The Morgan fingerprint density at radius 1 is 1.14 bits per heavy atom. The van der Waals surface area contributed by atoms with Crippen molar-refractivity contribution in [2.75, 3.05) is 0 Å². The monoisotopic (exact) mass is 299 g/mol. The summed E-state index contributed by atoms with van der Waals surface area (Å²) < 4.78 is 13.1. The van der Waals surface area contributed by atoms with E-state index in [9.17, 15) is 9.18 Å². The van der Waals surface area contributed by atoms with Crippen molar-refractivity contribution in [1.29, 1.82) is 0 Å². The van der Waals surface area contributed by atoms with E-state index in [1.54, 1.807) is 6.20 Å². The van der Waals surface area contributed by atoms with E-state index in [-0.39, 0.29) is 17.2 Å². The van der Waals surface area contributed by atoms with Crippen LogP contribution in [0, 0.1) is 5.82 Å². The van der Waals surface area contributed by atoms with Crippen molar-refractivity contribution in [2.45, 2.75) is 6.42 Å². The van der Waals surface area contributed by atoms with E-state index in [1.807, 2.05) is 30.3 Å². The van der Waals surface area contributed by atoms with Gasteiger partial charge in [0.15, 0.2) is 5.78 Å². The van der Waals surface area contributed by atoms with E-state index < -0.39 is 5.82 Å². The first kappa shape index (κ1) is 13.7. The maximum Gasteiger partial charge on any atom is 0.167 e. The average Bonchev–Trinajstić information content (AvgIpc) is 2.50. The van der Waals surface area contributed by atoms with Crippen LogP contribution >= 0.6 is 11.6 Å². The molecule has 0 radical (unpaired) electrons. The molecule has 2 aromatic carbocycles. The zero-order valence-electron chi connectivity index (χ0n) is 11.0. The maximum atomic E-state index is 13.1. The Kier molecular flexibility index (Phi) is 3.67. The van der Waals surface area contributed by atoms with E-state index in [4.69, 9.17) is 11.6 Å². The largest absolute Gasteiger partial charge is 0.294 e. The molecular weight excluding hydrogens is 289 g/mol. The highest BCUT2D eigenvalue weighted by molar-refractivity contribution is 6.31. The van der Waals surface area contributed by atoms with Crippen LogP contribution in [0.2, 0.25) is 5.02 Å². The molecule has 0 unspecified atom stereocenters. The van der Waals surface area contributed by atoms with Crippen molar-refractivity contribution < 1.29 is 9.18 Å². The minimum atomic E-state index is -0.525. The molecule has 0 amide bonds. The van der Waals surface area contributed by atoms with Crippen molar-refractivity contribution in [3.63, 3.8) is 0 Å². The van der Waals surface area contributed by atoms with Crippen LogP contribution in [0.1, 0.15) is 15.9 Å². The molecule has 4 heteroatoms. The number of fused-ring (bicyclic) bond motifs is 1. The van der Waals surface area contributed by atoms with Crippen LogP contribution in [-0.4, -0.2) is 10.8 Å². The number of carbonyl (C=O) groups excluding carboxylic acids is 1. The highest BCUT2D eigenvalue weighted by Gasteiger charge is 2.11. The van der Waals surface area contributed by atoms with Crippen molar-refractivity contribution in [2.24, 2.45) is 0 Å². The fraction of sp³-hybridized carbons (Fsp3) is 0.0588. The van der Waals surface area contributed by atoms with Gasteiger partial charge in [-0.3, -0.25) is 9.78 Å². The Bertz CT molecular complexity index is 827. The third kappa shape index (κ3) is 2.78. The van der Waals surface area contributed by atoms with Gasteiger partial charge >= 0.3 is 0 Å². The van der Waals surface area contributed by atoms with Crippen molar-refractivity contribution in [3.8, 4) is 0 Å². The van der Waals surface area contributed by atoms with Gasteiger partial charge in [-0.1, -0.05) is 29.8 Å². The van der Waals surface area contributed by atoms with E-state index in [1.165, 1.54) is 18.2 Å². The van der Waals surface area contributed by atoms with Crippen LogP contribution < -0.4 is 0 Å². The number of ketones is 1. The predicted molar refractivity (Wildman–Crippen MR) is 81.2 cm³/mol. The fourth-order valence-corrected chi connectivity index (χ4v) is 2.43. The molecule has 0 aliphatic rings. The number of hydrogen-bond donors (Lipinski definition) is 0. The van der Waals surface area contributed by atoms with Gasteiger partial charge in [0.05, 0.1) is 10.5 Å². The topological polar surface area (TPSA) is 30.0 Å². The number of Topliss-reactive ketones (excluding diaryl/α,β-unsaturated/α-hetero) is 1. The molecule has 2 nitrogen and oxygen atoms in total. The molecule has 0 aliphatic carbocycles. The first-order valence-electron chi connectivity index (χ1n) is 6.46. The lowest BCUT2D eigenvalue weighted by Gasteiger charge is -2.06. The average molecular weight is 300 g/mol. The number of carbonyl (C=O) groups is 1. The predicted octanol–water partition coefficient (Wildman–Crippen LogP) is 4.45. The maximum absolute atomic E-state index is 13.1. The van der Waals surface area contributed by atoms with Gasteiger partial charge in [0, 0.05) is 23.6 Å². The summed E-state index contributed by atoms with van der Waals surface area (Å²) in [5, 5.41) is 0.905. The molecule has 0 saturated heterocycles. The third-order valence-corrected chi connectivity index (χ3v) is 3.62. The minimum absolute atomic E-state index is 0.0413. The summed E-state index contributed by atoms with van der Waals surface area (Å²) in [4.78, 5) is 16.6. The van der Waals surface area contributed by atoms with Crippen LogP contribution in [0.4, 0.5) is 4.39 Å². The molecule has 104 valence electrons. The lowest BCUT2D eigenvalue weighted by atomic mass is 10.00. The summed E-state index contributed by atoms with van der Waals surface area (Å²) in [6.07, 6.45) is 1.91. The lowest BCUT2D eigenvalue weighted by Crippen LogP contribution is -2.04. The number of rotatable bonds is 3. The van der Waals surface area contributed by atoms with Gasteiger partial charge in [-0.15, -0.1) is 0 Å². The van der Waals surface area contributed by atoms with Gasteiger partial charge in [-0.2, -0.15) is 0 Å². The van der Waals surface area contributed by atoms with E-state index >= 15 is 0 Å². The molecule has 0 bridgehead atoms. The smallest absolute Gasteiger partial charge is 0.167 e. The van der Waals surface area contributed by atoms with E-state index in [2.05, 4.69) is 4.98 Å². The zero-order valence-corrected chi connectivity index (χ0v) is 11.8. The van der Waals surface area contributed by atoms with Gasteiger partial charge in [0.25, 0.3) is 0 Å². The second-order valence-electron chi connectivity index (χ2n) is 4.72. The molecule has 0 spiro atoms. The van der Waals surface area contributed by atoms with Gasteiger partial charge in [-0.05, 0) is 35.9 Å². The van der Waals surface area contributed by atoms with Crippen molar-refractivity contribution in [3.05, 3.63) is 76.7 Å². The number of aromatic nitrogens is 1. The molecule has 0 fully saturated rings. The number of halogens is 2. The second-order valence-corrected chi connectivity index (χ2v) is 5.12. The Morgan fingerprint density at radius 2 is 1.95 bits per heavy atom. The van der Waals surface area contributed by atoms with Gasteiger partial charge < -0.3 is 0 Å². The Hall–Kier alpha value is -2.26. The number of para-hydroxylation sites is 1. The normalized spacial score (nSPS) is 10.8. The minimum Gasteiger partial charge on any atom is -0.294 e. The molecule has 21 heavy (non-hydrogen) atoms. The summed E-state index contributed by atoms with van der Waals surface area (Å²) in [6.45, 7) is 0. The summed E-state index contributed by atoms with van der Waals surface area (Å²) in [5.41, 5.74) is 2.15. The summed E-state index contributed by atoms with van der Waals surface area (Å²) in [7, 11) is 0. The van der Waals surface area contributed by atoms with Crippen LogP contribution in [0.5, 0.6) is 0 Å². The first-order chi connectivity index (χ1) is 10.1. The quantitative estimate of drug-likeness (QED) is 0.669. The number of pyridine rings is 1. The standard InChI is InChI=1S/C17H11ClFNO/c18-14-9-12(5-6-15(14)19)17(21)10-11-7-8-20-16-4-2-1-3-13(11)16/h1-9H,10H2. The summed E-state index contributed by atoms with van der Waals surface area (Å²) in [6, 6.07) is 13.5. The Balaban J connectivity index is 1.94. The molecule has 1 heterocycles. The number of nitrogens with zero attached hydrogens (tertiary/aromatic N) is 1. The Labute approximate surface area is 126 Å². The molecule has 3 rings (SSSR count). The van der Waals surface area contributed by atoms with Crippen LogP contribution in [0.25, 0.3) is 10.9 Å². The van der Waals surface area contributed by atoms with Crippen molar-refractivity contribution in [1.82, 2.24) is 4.98 Å². The Morgan fingerprint density at radius 3 is 2.76 bits per heavy atom. The molecular formula is C17H11ClFNO. The SMILES string of the molecule is O=C(Cc1ccnc2ccccc12)c1ccc(F)c(Cl)c1. The number of hydrogen-bond acceptors (Lipinski definition) is 2. The highest BCUT2D eigenvalue weighted by Crippen LogP contribution is 2.20. The molecule has 0 saturated carbocycles.